The summed E-state index contributed by atoms with van der Waals surface area (Å²) in [6.07, 6.45) is 3.47. The van der Waals surface area contributed by atoms with Crippen LogP contribution < -0.4 is 5.32 Å². The number of hydrogen-bond donors (Lipinski definition) is 1. The van der Waals surface area contributed by atoms with Gasteiger partial charge < -0.3 is 10.2 Å². The number of halogens is 1. The highest BCUT2D eigenvalue weighted by Gasteiger charge is 2.20. The van der Waals surface area contributed by atoms with Crippen LogP contribution in [0.4, 0.5) is 4.39 Å². The van der Waals surface area contributed by atoms with Crippen molar-refractivity contribution in [2.24, 2.45) is 0 Å². The molecule has 0 radical (unpaired) electrons. The Balaban J connectivity index is 2.03. The van der Waals surface area contributed by atoms with Crippen molar-refractivity contribution in [1.82, 2.24) is 10.2 Å². The van der Waals surface area contributed by atoms with Crippen LogP contribution in [-0.4, -0.2) is 37.0 Å². The molecule has 0 spiro atoms. The molecule has 1 aliphatic heterocycles. The maximum atomic E-state index is 13.7. The van der Waals surface area contributed by atoms with Crippen LogP contribution in [0.3, 0.4) is 0 Å². The third-order valence-corrected chi connectivity index (χ3v) is 3.61. The van der Waals surface area contributed by atoms with Crippen LogP contribution in [-0.2, 0) is 0 Å². The second kappa shape index (κ2) is 6.15. The van der Waals surface area contributed by atoms with Crippen molar-refractivity contribution in [3.8, 4) is 0 Å². The van der Waals surface area contributed by atoms with Gasteiger partial charge in [0, 0.05) is 19.6 Å². The Morgan fingerprint density at radius 1 is 1.47 bits per heavy atom. The molecule has 1 fully saturated rings. The molecular formula is C15H21FN2O. The molecule has 4 heteroatoms. The van der Waals surface area contributed by atoms with Crippen molar-refractivity contribution in [2.75, 3.05) is 20.1 Å². The van der Waals surface area contributed by atoms with Crippen LogP contribution >= 0.6 is 0 Å². The summed E-state index contributed by atoms with van der Waals surface area (Å²) in [6, 6.07) is 4.97. The summed E-state index contributed by atoms with van der Waals surface area (Å²) in [5, 5.41) is 3.39. The molecule has 1 aliphatic rings. The molecule has 0 aromatic heterocycles. The molecule has 1 atom stereocenters. The minimum atomic E-state index is -0.445. The summed E-state index contributed by atoms with van der Waals surface area (Å²) < 4.78 is 13.7. The molecule has 1 N–H and O–H groups in total. The van der Waals surface area contributed by atoms with E-state index in [-0.39, 0.29) is 11.5 Å². The molecule has 1 unspecified atom stereocenters. The van der Waals surface area contributed by atoms with Crippen LogP contribution in [0.5, 0.6) is 0 Å². The lowest BCUT2D eigenvalue weighted by molar-refractivity contribution is 0.0770. The van der Waals surface area contributed by atoms with E-state index in [9.17, 15) is 9.18 Å². The van der Waals surface area contributed by atoms with Crippen molar-refractivity contribution in [3.05, 3.63) is 35.1 Å². The van der Waals surface area contributed by atoms with Gasteiger partial charge in [-0.2, -0.15) is 0 Å². The van der Waals surface area contributed by atoms with E-state index in [0.717, 1.165) is 18.5 Å². The van der Waals surface area contributed by atoms with E-state index in [1.54, 1.807) is 24.1 Å². The fourth-order valence-electron chi connectivity index (χ4n) is 2.50. The highest BCUT2D eigenvalue weighted by atomic mass is 19.1. The number of nitrogens with zero attached hydrogens (tertiary/aromatic N) is 1. The Kier molecular flexibility index (Phi) is 4.53. The van der Waals surface area contributed by atoms with Gasteiger partial charge in [0.15, 0.2) is 0 Å². The summed E-state index contributed by atoms with van der Waals surface area (Å²) >= 11 is 0. The van der Waals surface area contributed by atoms with Crippen LogP contribution in [0.2, 0.25) is 0 Å². The minimum Gasteiger partial charge on any atom is -0.340 e. The second-order valence-electron chi connectivity index (χ2n) is 5.32. The molecule has 2 rings (SSSR count). The third kappa shape index (κ3) is 3.53. The molecular weight excluding hydrogens is 243 g/mol. The minimum absolute atomic E-state index is 0.165. The Labute approximate surface area is 113 Å². The molecule has 104 valence electrons. The van der Waals surface area contributed by atoms with Gasteiger partial charge in [-0.1, -0.05) is 18.1 Å². The summed E-state index contributed by atoms with van der Waals surface area (Å²) in [6.45, 7) is 3.50. The van der Waals surface area contributed by atoms with Gasteiger partial charge in [-0.3, -0.25) is 4.79 Å². The zero-order valence-electron chi connectivity index (χ0n) is 11.6. The predicted octanol–water partition coefficient (Wildman–Crippen LogP) is 2.35. The maximum Gasteiger partial charge on any atom is 0.256 e. The van der Waals surface area contributed by atoms with Crippen LogP contribution in [0.15, 0.2) is 18.2 Å². The van der Waals surface area contributed by atoms with E-state index in [1.165, 1.54) is 18.9 Å². The summed E-state index contributed by atoms with van der Waals surface area (Å²) in [4.78, 5) is 13.9. The highest BCUT2D eigenvalue weighted by Crippen LogP contribution is 2.14. The highest BCUT2D eigenvalue weighted by molar-refractivity contribution is 5.94. The molecule has 0 bridgehead atoms. The van der Waals surface area contributed by atoms with Gasteiger partial charge in [0.2, 0.25) is 0 Å². The number of rotatable bonds is 3. The Morgan fingerprint density at radius 2 is 2.26 bits per heavy atom. The zero-order valence-corrected chi connectivity index (χ0v) is 11.6. The summed E-state index contributed by atoms with van der Waals surface area (Å²) in [5.41, 5.74) is 1.06. The molecule has 1 heterocycles. The van der Waals surface area contributed by atoms with Gasteiger partial charge in [0.05, 0.1) is 5.56 Å². The number of nitrogens with one attached hydrogen (secondary N) is 1. The Bertz CT molecular complexity index is 455. The van der Waals surface area contributed by atoms with Crippen molar-refractivity contribution in [2.45, 2.75) is 32.2 Å². The molecule has 0 saturated carbocycles. The average molecular weight is 264 g/mol. The van der Waals surface area contributed by atoms with Gasteiger partial charge >= 0.3 is 0 Å². The number of aryl methyl sites for hydroxylation is 1. The number of piperidine rings is 1. The molecule has 0 aliphatic carbocycles. The Morgan fingerprint density at radius 3 is 2.95 bits per heavy atom. The predicted molar refractivity (Wildman–Crippen MR) is 73.7 cm³/mol. The monoisotopic (exact) mass is 264 g/mol. The van der Waals surface area contributed by atoms with E-state index in [4.69, 9.17) is 0 Å². The molecule has 1 amide bonds. The number of likely N-dealkylation sites (N-methyl/N-ethyl adjacent to an activating group) is 1. The van der Waals surface area contributed by atoms with E-state index in [2.05, 4.69) is 5.32 Å². The first kappa shape index (κ1) is 14.0. The molecule has 19 heavy (non-hydrogen) atoms. The van der Waals surface area contributed by atoms with Crippen LogP contribution in [0, 0.1) is 12.7 Å². The standard InChI is InChI=1S/C15H21FN2O/c1-11-6-7-14(16)13(9-11)15(19)18(2)10-12-5-3-4-8-17-12/h6-7,9,12,17H,3-5,8,10H2,1-2H3. The van der Waals surface area contributed by atoms with Gasteiger partial charge in [0.25, 0.3) is 5.91 Å². The SMILES string of the molecule is Cc1ccc(F)c(C(=O)N(C)CC2CCCCN2)c1. The van der Waals surface area contributed by atoms with Crippen molar-refractivity contribution >= 4 is 5.91 Å². The van der Waals surface area contributed by atoms with Crippen LogP contribution in [0.25, 0.3) is 0 Å². The third-order valence-electron chi connectivity index (χ3n) is 3.61. The fraction of sp³-hybridized carbons (Fsp3) is 0.533. The number of carbonyl (C=O) groups excluding carboxylic acids is 1. The van der Waals surface area contributed by atoms with E-state index in [0.29, 0.717) is 12.6 Å². The lowest BCUT2D eigenvalue weighted by Gasteiger charge is -2.28. The first-order chi connectivity index (χ1) is 9.08. The molecule has 1 saturated heterocycles. The van der Waals surface area contributed by atoms with E-state index in [1.807, 2.05) is 6.92 Å². The summed E-state index contributed by atoms with van der Waals surface area (Å²) in [5.74, 6) is -0.687. The Hall–Kier alpha value is -1.42. The lowest BCUT2D eigenvalue weighted by atomic mass is 10.0. The number of benzene rings is 1. The molecule has 3 nitrogen and oxygen atoms in total. The lowest BCUT2D eigenvalue weighted by Crippen LogP contribution is -2.44. The van der Waals surface area contributed by atoms with Gasteiger partial charge in [0.1, 0.15) is 5.82 Å². The van der Waals surface area contributed by atoms with Crippen molar-refractivity contribution in [1.29, 1.82) is 0 Å². The van der Waals surface area contributed by atoms with E-state index >= 15 is 0 Å². The van der Waals surface area contributed by atoms with Crippen molar-refractivity contribution < 1.29 is 9.18 Å². The zero-order chi connectivity index (χ0) is 13.8. The van der Waals surface area contributed by atoms with Crippen LogP contribution in [0.1, 0.15) is 35.2 Å². The summed E-state index contributed by atoms with van der Waals surface area (Å²) in [7, 11) is 1.74. The first-order valence-electron chi connectivity index (χ1n) is 6.83. The van der Waals surface area contributed by atoms with Gasteiger partial charge in [-0.25, -0.2) is 4.39 Å². The second-order valence-corrected chi connectivity index (χ2v) is 5.32. The van der Waals surface area contributed by atoms with Gasteiger partial charge in [-0.15, -0.1) is 0 Å². The quantitative estimate of drug-likeness (QED) is 0.909. The smallest absolute Gasteiger partial charge is 0.256 e. The fourth-order valence-corrected chi connectivity index (χ4v) is 2.50. The molecule has 1 aromatic rings. The number of amides is 1. The number of carbonyl (C=O) groups is 1. The maximum absolute atomic E-state index is 13.7. The average Bonchev–Trinajstić information content (AvgIpc) is 2.42. The topological polar surface area (TPSA) is 32.3 Å². The van der Waals surface area contributed by atoms with Crippen molar-refractivity contribution in [3.63, 3.8) is 0 Å². The van der Waals surface area contributed by atoms with Gasteiger partial charge in [-0.05, 0) is 38.4 Å². The number of hydrogen-bond acceptors (Lipinski definition) is 2. The largest absolute Gasteiger partial charge is 0.340 e. The van der Waals surface area contributed by atoms with E-state index < -0.39 is 5.82 Å². The first-order valence-corrected chi connectivity index (χ1v) is 6.83. The molecule has 1 aromatic carbocycles. The normalized spacial score (nSPS) is 19.2.